The van der Waals surface area contributed by atoms with E-state index < -0.39 is 0 Å². The third-order valence-electron chi connectivity index (χ3n) is 2.83. The molecule has 0 bridgehead atoms. The van der Waals surface area contributed by atoms with Gasteiger partial charge in [0.25, 0.3) is 0 Å². The standard InChI is InChI=1S/C12H15BrO/c13-9-10-1-3-11(4-2-10)12-5-7-14-8-6-12/h1-4,12H,5-9H2. The minimum atomic E-state index is 0.716. The summed E-state index contributed by atoms with van der Waals surface area (Å²) in [5, 5.41) is 0.945. The van der Waals surface area contributed by atoms with Crippen LogP contribution in [0.3, 0.4) is 0 Å². The van der Waals surface area contributed by atoms with Gasteiger partial charge >= 0.3 is 0 Å². The second-order valence-electron chi connectivity index (χ2n) is 3.76. The molecule has 0 N–H and O–H groups in total. The third-order valence-corrected chi connectivity index (χ3v) is 3.47. The van der Waals surface area contributed by atoms with Gasteiger partial charge in [-0.1, -0.05) is 40.2 Å². The molecule has 1 saturated heterocycles. The molecule has 0 aliphatic carbocycles. The third kappa shape index (κ3) is 2.37. The van der Waals surface area contributed by atoms with Crippen molar-refractivity contribution in [3.05, 3.63) is 35.4 Å². The zero-order valence-electron chi connectivity index (χ0n) is 8.21. The van der Waals surface area contributed by atoms with Gasteiger partial charge < -0.3 is 4.74 Å². The number of hydrogen-bond acceptors (Lipinski definition) is 1. The summed E-state index contributed by atoms with van der Waals surface area (Å²) in [6, 6.07) is 8.93. The van der Waals surface area contributed by atoms with Crippen LogP contribution in [-0.4, -0.2) is 13.2 Å². The maximum absolute atomic E-state index is 5.36. The Kier molecular flexibility index (Phi) is 3.60. The second kappa shape index (κ2) is 4.94. The highest BCUT2D eigenvalue weighted by Crippen LogP contribution is 2.27. The van der Waals surface area contributed by atoms with Crippen LogP contribution in [-0.2, 0) is 10.1 Å². The van der Waals surface area contributed by atoms with E-state index in [1.54, 1.807) is 0 Å². The molecule has 1 aliphatic rings. The van der Waals surface area contributed by atoms with E-state index >= 15 is 0 Å². The van der Waals surface area contributed by atoms with Gasteiger partial charge in [-0.2, -0.15) is 0 Å². The topological polar surface area (TPSA) is 9.23 Å². The van der Waals surface area contributed by atoms with E-state index in [9.17, 15) is 0 Å². The smallest absolute Gasteiger partial charge is 0.0471 e. The van der Waals surface area contributed by atoms with Crippen molar-refractivity contribution in [3.8, 4) is 0 Å². The van der Waals surface area contributed by atoms with Crippen LogP contribution in [0.1, 0.15) is 29.9 Å². The van der Waals surface area contributed by atoms with Gasteiger partial charge in [-0.15, -0.1) is 0 Å². The van der Waals surface area contributed by atoms with Gasteiger partial charge in [0.2, 0.25) is 0 Å². The summed E-state index contributed by atoms with van der Waals surface area (Å²) >= 11 is 3.46. The molecule has 1 aromatic carbocycles. The Hall–Kier alpha value is -0.340. The molecular formula is C12H15BrO. The molecule has 1 nitrogen and oxygen atoms in total. The van der Waals surface area contributed by atoms with E-state index in [2.05, 4.69) is 40.2 Å². The quantitative estimate of drug-likeness (QED) is 0.735. The van der Waals surface area contributed by atoms with Gasteiger partial charge in [-0.3, -0.25) is 0 Å². The fraction of sp³-hybridized carbons (Fsp3) is 0.500. The molecule has 0 amide bonds. The van der Waals surface area contributed by atoms with Crippen molar-refractivity contribution in [2.24, 2.45) is 0 Å². The van der Waals surface area contributed by atoms with Gasteiger partial charge in [0.15, 0.2) is 0 Å². The van der Waals surface area contributed by atoms with Gasteiger partial charge in [-0.25, -0.2) is 0 Å². The highest BCUT2D eigenvalue weighted by molar-refractivity contribution is 9.08. The number of alkyl halides is 1. The summed E-state index contributed by atoms with van der Waals surface area (Å²) < 4.78 is 5.36. The molecule has 1 aliphatic heterocycles. The average molecular weight is 255 g/mol. The highest BCUT2D eigenvalue weighted by Gasteiger charge is 2.15. The predicted octanol–water partition coefficient (Wildman–Crippen LogP) is 3.48. The maximum Gasteiger partial charge on any atom is 0.0471 e. The van der Waals surface area contributed by atoms with Crippen molar-refractivity contribution in [2.45, 2.75) is 24.1 Å². The van der Waals surface area contributed by atoms with Crippen LogP contribution in [0, 0.1) is 0 Å². The Labute approximate surface area is 93.6 Å². The molecule has 0 saturated carbocycles. The molecule has 76 valence electrons. The molecule has 1 fully saturated rings. The van der Waals surface area contributed by atoms with Crippen LogP contribution in [0.5, 0.6) is 0 Å². The lowest BCUT2D eigenvalue weighted by Crippen LogP contribution is -2.13. The number of rotatable bonds is 2. The van der Waals surface area contributed by atoms with E-state index in [1.165, 1.54) is 24.0 Å². The molecule has 0 spiro atoms. The van der Waals surface area contributed by atoms with E-state index in [1.807, 2.05) is 0 Å². The first-order valence-electron chi connectivity index (χ1n) is 5.12. The maximum atomic E-state index is 5.36. The predicted molar refractivity (Wildman–Crippen MR) is 61.9 cm³/mol. The molecule has 1 heterocycles. The second-order valence-corrected chi connectivity index (χ2v) is 4.32. The number of ether oxygens (including phenoxy) is 1. The van der Waals surface area contributed by atoms with Gasteiger partial charge in [0.1, 0.15) is 0 Å². The monoisotopic (exact) mass is 254 g/mol. The van der Waals surface area contributed by atoms with Crippen molar-refractivity contribution in [1.82, 2.24) is 0 Å². The van der Waals surface area contributed by atoms with E-state index in [4.69, 9.17) is 4.74 Å². The Morgan fingerprint density at radius 3 is 2.36 bits per heavy atom. The fourth-order valence-electron chi connectivity index (χ4n) is 1.91. The summed E-state index contributed by atoms with van der Waals surface area (Å²) in [4.78, 5) is 0. The zero-order valence-corrected chi connectivity index (χ0v) is 9.79. The molecule has 0 aromatic heterocycles. The molecule has 0 unspecified atom stereocenters. The van der Waals surface area contributed by atoms with Crippen molar-refractivity contribution in [1.29, 1.82) is 0 Å². The number of benzene rings is 1. The van der Waals surface area contributed by atoms with Crippen LogP contribution < -0.4 is 0 Å². The normalized spacial score (nSPS) is 18.4. The van der Waals surface area contributed by atoms with Gasteiger partial charge in [-0.05, 0) is 29.9 Å². The molecule has 1 aromatic rings. The lowest BCUT2D eigenvalue weighted by atomic mass is 9.91. The Balaban J connectivity index is 2.07. The Morgan fingerprint density at radius 2 is 1.79 bits per heavy atom. The molecular weight excluding hydrogens is 240 g/mol. The van der Waals surface area contributed by atoms with Crippen LogP contribution in [0.25, 0.3) is 0 Å². The van der Waals surface area contributed by atoms with Crippen molar-refractivity contribution in [2.75, 3.05) is 13.2 Å². The van der Waals surface area contributed by atoms with E-state index in [0.29, 0.717) is 5.92 Å². The van der Waals surface area contributed by atoms with E-state index in [0.717, 1.165) is 18.5 Å². The van der Waals surface area contributed by atoms with Gasteiger partial charge in [0.05, 0.1) is 0 Å². The largest absolute Gasteiger partial charge is 0.381 e. The number of hydrogen-bond donors (Lipinski definition) is 0. The summed E-state index contributed by atoms with van der Waals surface area (Å²) in [6.45, 7) is 1.84. The summed E-state index contributed by atoms with van der Waals surface area (Å²) in [7, 11) is 0. The lowest BCUT2D eigenvalue weighted by molar-refractivity contribution is 0.0853. The molecule has 0 radical (unpaired) electrons. The Morgan fingerprint density at radius 1 is 1.14 bits per heavy atom. The molecule has 0 atom stereocenters. The first-order valence-corrected chi connectivity index (χ1v) is 6.25. The fourth-order valence-corrected chi connectivity index (χ4v) is 2.28. The Bertz CT molecular complexity index is 275. The summed E-state index contributed by atoms with van der Waals surface area (Å²) in [5.74, 6) is 0.716. The van der Waals surface area contributed by atoms with Crippen LogP contribution in [0.15, 0.2) is 24.3 Å². The van der Waals surface area contributed by atoms with Crippen LogP contribution >= 0.6 is 15.9 Å². The number of halogens is 1. The average Bonchev–Trinajstić information content (AvgIpc) is 2.30. The minimum absolute atomic E-state index is 0.716. The minimum Gasteiger partial charge on any atom is -0.381 e. The van der Waals surface area contributed by atoms with Crippen LogP contribution in [0.4, 0.5) is 0 Å². The van der Waals surface area contributed by atoms with Crippen molar-refractivity contribution < 1.29 is 4.74 Å². The lowest BCUT2D eigenvalue weighted by Gasteiger charge is -2.22. The van der Waals surface area contributed by atoms with Gasteiger partial charge in [0, 0.05) is 18.5 Å². The molecule has 2 heteroatoms. The molecule has 14 heavy (non-hydrogen) atoms. The van der Waals surface area contributed by atoms with E-state index in [-0.39, 0.29) is 0 Å². The summed E-state index contributed by atoms with van der Waals surface area (Å²) in [5.41, 5.74) is 2.82. The highest BCUT2D eigenvalue weighted by atomic mass is 79.9. The first-order chi connectivity index (χ1) is 6.90. The van der Waals surface area contributed by atoms with Crippen molar-refractivity contribution in [3.63, 3.8) is 0 Å². The van der Waals surface area contributed by atoms with Crippen molar-refractivity contribution >= 4 is 15.9 Å². The zero-order chi connectivity index (χ0) is 9.80. The first kappa shape index (κ1) is 10.2. The SMILES string of the molecule is BrCc1ccc(C2CCOCC2)cc1. The summed E-state index contributed by atoms with van der Waals surface area (Å²) in [6.07, 6.45) is 2.35. The van der Waals surface area contributed by atoms with Crippen LogP contribution in [0.2, 0.25) is 0 Å². The molecule has 2 rings (SSSR count).